The summed E-state index contributed by atoms with van der Waals surface area (Å²) < 4.78 is 76.3. The minimum atomic E-state index is -5.00. The topological polar surface area (TPSA) is 9.23 Å². The molecule has 0 bridgehead atoms. The lowest BCUT2D eigenvalue weighted by molar-refractivity contribution is -0.274. The van der Waals surface area contributed by atoms with Crippen LogP contribution in [0.3, 0.4) is 0 Å². The molecule has 7 heteroatoms. The van der Waals surface area contributed by atoms with Gasteiger partial charge < -0.3 is 4.74 Å². The Bertz CT molecular complexity index is 393. The molecule has 1 rings (SSSR count). The monoisotopic (exact) mass is 258 g/mol. The van der Waals surface area contributed by atoms with Crippen LogP contribution in [0.2, 0.25) is 0 Å². The molecule has 0 radical (unpaired) electrons. The minimum Gasteiger partial charge on any atom is -0.406 e. The van der Waals surface area contributed by atoms with Gasteiger partial charge >= 0.3 is 12.5 Å². The van der Waals surface area contributed by atoms with Crippen LogP contribution in [0.25, 0.3) is 0 Å². The predicted molar refractivity (Wildman–Crippen MR) is 47.5 cm³/mol. The Morgan fingerprint density at radius 2 is 1.59 bits per heavy atom. The van der Waals surface area contributed by atoms with Crippen molar-refractivity contribution < 1.29 is 31.1 Å². The zero-order valence-corrected chi connectivity index (χ0v) is 8.62. The fraction of sp³-hybridized carbons (Fsp3) is 0.400. The number of rotatable bonds is 2. The molecule has 0 aliphatic carbocycles. The fourth-order valence-corrected chi connectivity index (χ4v) is 1.22. The summed E-state index contributed by atoms with van der Waals surface area (Å²) in [5.74, 6) is -0.857. The summed E-state index contributed by atoms with van der Waals surface area (Å²) in [4.78, 5) is 0. The van der Waals surface area contributed by atoms with E-state index in [1.54, 1.807) is 0 Å². The first kappa shape index (κ1) is 13.7. The summed E-state index contributed by atoms with van der Waals surface area (Å²) in [6.45, 7) is 1.53. The molecule has 1 nitrogen and oxygen atoms in total. The van der Waals surface area contributed by atoms with Crippen LogP contribution in [0.5, 0.6) is 5.75 Å². The van der Waals surface area contributed by atoms with Crippen molar-refractivity contribution in [2.24, 2.45) is 0 Å². The molecule has 96 valence electrons. The molecule has 1 aromatic carbocycles. The van der Waals surface area contributed by atoms with Crippen molar-refractivity contribution in [2.45, 2.75) is 25.9 Å². The molecule has 0 aromatic heterocycles. The molecule has 0 spiro atoms. The van der Waals surface area contributed by atoms with Gasteiger partial charge in [0, 0.05) is 0 Å². The van der Waals surface area contributed by atoms with Crippen LogP contribution in [-0.2, 0) is 12.6 Å². The number of ether oxygens (including phenoxy) is 1. The van der Waals surface area contributed by atoms with Crippen molar-refractivity contribution in [1.82, 2.24) is 0 Å². The summed E-state index contributed by atoms with van der Waals surface area (Å²) in [5, 5.41) is 0. The van der Waals surface area contributed by atoms with Gasteiger partial charge in [0.15, 0.2) is 0 Å². The van der Waals surface area contributed by atoms with Crippen LogP contribution in [-0.4, -0.2) is 6.36 Å². The number of hydrogen-bond donors (Lipinski definition) is 0. The third-order valence-corrected chi connectivity index (χ3v) is 1.94. The quantitative estimate of drug-likeness (QED) is 0.723. The molecule has 0 N–H and O–H groups in total. The Hall–Kier alpha value is -1.40. The van der Waals surface area contributed by atoms with Crippen molar-refractivity contribution in [2.75, 3.05) is 0 Å². The maximum absolute atomic E-state index is 12.4. The van der Waals surface area contributed by atoms with E-state index in [0.29, 0.717) is 6.07 Å². The first-order valence-electron chi connectivity index (χ1n) is 4.58. The number of alkyl halides is 6. The van der Waals surface area contributed by atoms with Crippen molar-refractivity contribution in [3.8, 4) is 5.75 Å². The second kappa shape index (κ2) is 4.46. The van der Waals surface area contributed by atoms with E-state index in [4.69, 9.17) is 0 Å². The summed E-state index contributed by atoms with van der Waals surface area (Å²) in [7, 11) is 0. The minimum absolute atomic E-state index is 0.124. The zero-order chi connectivity index (χ0) is 13.3. The molecule has 17 heavy (non-hydrogen) atoms. The van der Waals surface area contributed by atoms with Crippen LogP contribution in [0, 0.1) is 0 Å². The Morgan fingerprint density at radius 1 is 1.00 bits per heavy atom. The molecule has 0 amide bonds. The standard InChI is InChI=1S/C10H8F6O/c1-2-6-3-7(9(11,12)13)5-8(4-6)17-10(14,15)16/h3-5H,2H2,1H3. The van der Waals surface area contributed by atoms with Gasteiger partial charge in [0.25, 0.3) is 0 Å². The van der Waals surface area contributed by atoms with Crippen LogP contribution in [0.1, 0.15) is 18.1 Å². The molecule has 0 atom stereocenters. The van der Waals surface area contributed by atoms with Crippen molar-refractivity contribution in [3.05, 3.63) is 29.3 Å². The Labute approximate surface area is 93.0 Å². The molecular formula is C10H8F6O. The van der Waals surface area contributed by atoms with E-state index in [-0.39, 0.29) is 12.0 Å². The molecule has 0 aliphatic rings. The first-order valence-corrected chi connectivity index (χ1v) is 4.58. The highest BCUT2D eigenvalue weighted by Crippen LogP contribution is 2.34. The van der Waals surface area contributed by atoms with E-state index in [0.717, 1.165) is 12.1 Å². The van der Waals surface area contributed by atoms with Gasteiger partial charge in [-0.25, -0.2) is 0 Å². The normalized spacial score (nSPS) is 12.6. The maximum Gasteiger partial charge on any atom is 0.573 e. The molecular weight excluding hydrogens is 250 g/mol. The van der Waals surface area contributed by atoms with E-state index in [9.17, 15) is 26.3 Å². The lowest BCUT2D eigenvalue weighted by Gasteiger charge is -2.13. The zero-order valence-electron chi connectivity index (χ0n) is 8.62. The lowest BCUT2D eigenvalue weighted by Crippen LogP contribution is -2.18. The number of hydrogen-bond acceptors (Lipinski definition) is 1. The third-order valence-electron chi connectivity index (χ3n) is 1.94. The molecule has 1 aromatic rings. The summed E-state index contributed by atoms with van der Waals surface area (Å²) >= 11 is 0. The fourth-order valence-electron chi connectivity index (χ4n) is 1.22. The molecule has 0 unspecified atom stereocenters. The van der Waals surface area contributed by atoms with E-state index in [1.165, 1.54) is 6.92 Å². The first-order chi connectivity index (χ1) is 7.62. The molecule has 0 saturated carbocycles. The summed E-state index contributed by atoms with van der Waals surface area (Å²) in [6.07, 6.45) is -9.53. The van der Waals surface area contributed by atoms with Crippen molar-refractivity contribution >= 4 is 0 Å². The van der Waals surface area contributed by atoms with Crippen LogP contribution < -0.4 is 4.74 Å². The van der Waals surface area contributed by atoms with Gasteiger partial charge in [-0.05, 0) is 30.2 Å². The maximum atomic E-state index is 12.4. The van der Waals surface area contributed by atoms with Crippen LogP contribution in [0.15, 0.2) is 18.2 Å². The van der Waals surface area contributed by atoms with Crippen LogP contribution >= 0.6 is 0 Å². The predicted octanol–water partition coefficient (Wildman–Crippen LogP) is 4.17. The van der Waals surface area contributed by atoms with Gasteiger partial charge in [-0.2, -0.15) is 13.2 Å². The summed E-state index contributed by atoms with van der Waals surface area (Å²) in [5.41, 5.74) is -1.03. The largest absolute Gasteiger partial charge is 0.573 e. The number of aryl methyl sites for hydroxylation is 1. The second-order valence-corrected chi connectivity index (χ2v) is 3.26. The van der Waals surface area contributed by atoms with Crippen LogP contribution in [0.4, 0.5) is 26.3 Å². The number of benzene rings is 1. The van der Waals surface area contributed by atoms with Gasteiger partial charge in [0.1, 0.15) is 5.75 Å². The highest BCUT2D eigenvalue weighted by molar-refractivity contribution is 5.36. The van der Waals surface area contributed by atoms with E-state index in [1.807, 2.05) is 0 Å². The Balaban J connectivity index is 3.15. The van der Waals surface area contributed by atoms with E-state index >= 15 is 0 Å². The molecule has 0 heterocycles. The highest BCUT2D eigenvalue weighted by Gasteiger charge is 2.34. The van der Waals surface area contributed by atoms with Gasteiger partial charge in [-0.1, -0.05) is 6.92 Å². The summed E-state index contributed by atoms with van der Waals surface area (Å²) in [6, 6.07) is 2.05. The SMILES string of the molecule is CCc1cc(OC(F)(F)F)cc(C(F)(F)F)c1. The average molecular weight is 258 g/mol. The van der Waals surface area contributed by atoms with Gasteiger partial charge in [-0.3, -0.25) is 0 Å². The van der Waals surface area contributed by atoms with Crippen molar-refractivity contribution in [1.29, 1.82) is 0 Å². The third kappa shape index (κ3) is 4.16. The van der Waals surface area contributed by atoms with E-state index in [2.05, 4.69) is 4.74 Å². The second-order valence-electron chi connectivity index (χ2n) is 3.26. The molecule has 0 fully saturated rings. The average Bonchev–Trinajstić information content (AvgIpc) is 2.13. The Morgan fingerprint density at radius 3 is 2.00 bits per heavy atom. The van der Waals surface area contributed by atoms with Gasteiger partial charge in [0.05, 0.1) is 5.56 Å². The molecule has 0 aliphatic heterocycles. The lowest BCUT2D eigenvalue weighted by atomic mass is 10.1. The number of halogens is 6. The smallest absolute Gasteiger partial charge is 0.406 e. The molecule has 0 saturated heterocycles. The van der Waals surface area contributed by atoms with E-state index < -0.39 is 23.9 Å². The van der Waals surface area contributed by atoms with Crippen molar-refractivity contribution in [3.63, 3.8) is 0 Å². The Kier molecular flexibility index (Phi) is 3.59. The van der Waals surface area contributed by atoms with Gasteiger partial charge in [0.2, 0.25) is 0 Å². The van der Waals surface area contributed by atoms with Gasteiger partial charge in [-0.15, -0.1) is 13.2 Å². The highest BCUT2D eigenvalue weighted by atomic mass is 19.4.